The quantitative estimate of drug-likeness (QED) is 0.423. The van der Waals surface area contributed by atoms with E-state index in [1.165, 1.54) is 0 Å². The molecule has 0 amide bonds. The van der Waals surface area contributed by atoms with Crippen molar-refractivity contribution in [3.05, 3.63) is 0 Å². The molecular formula is H3MnNaO4P2. The summed E-state index contributed by atoms with van der Waals surface area (Å²) in [5, 5.41) is 0. The van der Waals surface area contributed by atoms with Crippen LogP contribution in [0.15, 0.2) is 0 Å². The van der Waals surface area contributed by atoms with E-state index in [-0.39, 0.29) is 46.6 Å². The van der Waals surface area contributed by atoms with Gasteiger partial charge in [-0.2, -0.15) is 0 Å². The molecule has 0 aromatic rings. The van der Waals surface area contributed by atoms with Gasteiger partial charge in [0.1, 0.15) is 0 Å². The van der Waals surface area contributed by atoms with Crippen LogP contribution in [-0.4, -0.2) is 39.3 Å². The molecule has 1 radical (unpaired) electrons. The summed E-state index contributed by atoms with van der Waals surface area (Å²) < 4.78 is 16.9. The minimum atomic E-state index is -0.833. The predicted octanol–water partition coefficient (Wildman–Crippen LogP) is -0.280. The molecule has 0 unspecified atom stereocenters. The Morgan fingerprint density at radius 2 is 1.00 bits per heavy atom. The Kier molecular flexibility index (Phi) is 108. The fourth-order valence-corrected chi connectivity index (χ4v) is 0. The molecule has 0 aliphatic rings. The molecule has 0 aliphatic carbocycles. The average Bonchev–Trinajstić information content (AvgIpc) is 1.39. The first kappa shape index (κ1) is 22.6. The van der Waals surface area contributed by atoms with Crippen LogP contribution in [0, 0.1) is 0 Å². The van der Waals surface area contributed by atoms with E-state index in [1.54, 1.807) is 0 Å². The molecule has 0 spiro atoms. The predicted molar refractivity (Wildman–Crippen MR) is 26.8 cm³/mol. The van der Waals surface area contributed by atoms with Crippen LogP contribution in [0.1, 0.15) is 0 Å². The van der Waals surface area contributed by atoms with Crippen molar-refractivity contribution >= 4 is 46.9 Å². The zero-order valence-electron chi connectivity index (χ0n) is 2.98. The first-order chi connectivity index (χ1) is 2.83. The Morgan fingerprint density at radius 3 is 1.00 bits per heavy atom. The molecule has 0 atom stereocenters. The van der Waals surface area contributed by atoms with Crippen molar-refractivity contribution in [1.29, 1.82) is 0 Å². The van der Waals surface area contributed by atoms with Crippen molar-refractivity contribution in [3.8, 4) is 0 Å². The molecule has 0 fully saturated rings. The topological polar surface area (TPSA) is 74.6 Å². The van der Waals surface area contributed by atoms with Gasteiger partial charge in [-0.25, -0.2) is 9.13 Å². The molecule has 0 rings (SSSR count). The van der Waals surface area contributed by atoms with Crippen LogP contribution < -0.4 is 0 Å². The van der Waals surface area contributed by atoms with Gasteiger partial charge in [-0.1, -0.05) is 0 Å². The van der Waals surface area contributed by atoms with E-state index in [4.69, 9.17) is 18.9 Å². The maximum absolute atomic E-state index is 8.46. The summed E-state index contributed by atoms with van der Waals surface area (Å²) in [4.78, 5) is 14.0. The summed E-state index contributed by atoms with van der Waals surface area (Å²) in [7, 11) is -1.67. The van der Waals surface area contributed by atoms with Crippen LogP contribution >= 0.6 is 17.4 Å². The fourth-order valence-electron chi connectivity index (χ4n) is 0. The standard InChI is InChI=1S/Mn.Na.2HO2P.H/c;;2*1-3-2;/h;;2*(H,1,2);. The van der Waals surface area contributed by atoms with Crippen molar-refractivity contribution in [1.82, 2.24) is 0 Å². The van der Waals surface area contributed by atoms with Crippen LogP contribution in [0.25, 0.3) is 0 Å². The second-order valence-electron chi connectivity index (χ2n) is 0.163. The maximum atomic E-state index is 8.46. The Labute approximate surface area is 82.4 Å². The van der Waals surface area contributed by atoms with Crippen molar-refractivity contribution in [3.63, 3.8) is 0 Å². The molecule has 0 heterocycles. The van der Waals surface area contributed by atoms with E-state index in [1.807, 2.05) is 0 Å². The van der Waals surface area contributed by atoms with Crippen LogP contribution in [0.5, 0.6) is 0 Å². The SMILES string of the molecule is O=PO.O=PO.[Mn].[NaH]. The van der Waals surface area contributed by atoms with Gasteiger partial charge in [0, 0.05) is 17.1 Å². The van der Waals surface area contributed by atoms with Gasteiger partial charge >= 0.3 is 46.9 Å². The zero-order valence-corrected chi connectivity index (χ0v) is 5.95. The van der Waals surface area contributed by atoms with Gasteiger partial charge in [-0.15, -0.1) is 0 Å². The second kappa shape index (κ2) is 38.1. The Hall–Kier alpha value is 1.64. The molecule has 0 bridgehead atoms. The average molecular weight is 207 g/mol. The zero-order chi connectivity index (χ0) is 5.41. The normalized spacial score (nSPS) is 5.25. The van der Waals surface area contributed by atoms with Crippen molar-refractivity contribution in [2.24, 2.45) is 0 Å². The summed E-state index contributed by atoms with van der Waals surface area (Å²) >= 11 is 0. The van der Waals surface area contributed by atoms with E-state index in [2.05, 4.69) is 0 Å². The van der Waals surface area contributed by atoms with E-state index in [9.17, 15) is 0 Å². The summed E-state index contributed by atoms with van der Waals surface area (Å²) in [6.07, 6.45) is 0. The summed E-state index contributed by atoms with van der Waals surface area (Å²) in [6.45, 7) is 0. The molecule has 0 aliphatic heterocycles. The third-order valence-corrected chi connectivity index (χ3v) is 0. The molecule has 0 aromatic carbocycles. The molecule has 0 saturated carbocycles. The summed E-state index contributed by atoms with van der Waals surface area (Å²) in [6, 6.07) is 0. The van der Waals surface area contributed by atoms with Crippen LogP contribution in [0.4, 0.5) is 0 Å². The molecular weight excluding hydrogens is 204 g/mol. The molecule has 0 aromatic heterocycles. The molecule has 8 heteroatoms. The number of rotatable bonds is 0. The van der Waals surface area contributed by atoms with Gasteiger partial charge in [-0.3, -0.25) is 0 Å². The van der Waals surface area contributed by atoms with Gasteiger partial charge in [-0.05, 0) is 0 Å². The third-order valence-electron chi connectivity index (χ3n) is 0. The van der Waals surface area contributed by atoms with Gasteiger partial charge < -0.3 is 9.79 Å². The van der Waals surface area contributed by atoms with Gasteiger partial charge in [0.05, 0.1) is 0 Å². The molecule has 4 nitrogen and oxygen atoms in total. The van der Waals surface area contributed by atoms with Gasteiger partial charge in [0.2, 0.25) is 0 Å². The van der Waals surface area contributed by atoms with E-state index >= 15 is 0 Å². The van der Waals surface area contributed by atoms with Gasteiger partial charge in [0.15, 0.2) is 0 Å². The van der Waals surface area contributed by atoms with Crippen molar-refractivity contribution in [2.45, 2.75) is 0 Å². The first-order valence-corrected chi connectivity index (χ1v) is 2.30. The third kappa shape index (κ3) is 125. The number of hydrogen-bond donors (Lipinski definition) is 2. The monoisotopic (exact) mass is 207 g/mol. The van der Waals surface area contributed by atoms with E-state index < -0.39 is 17.4 Å². The fraction of sp³-hybridized carbons (Fsp3) is 0. The van der Waals surface area contributed by atoms with Crippen LogP contribution in [0.2, 0.25) is 0 Å². The minimum absolute atomic E-state index is 0. The van der Waals surface area contributed by atoms with Crippen molar-refractivity contribution < 1.29 is 36.0 Å². The second-order valence-corrected chi connectivity index (χ2v) is 0.490. The Morgan fingerprint density at radius 1 is 1.00 bits per heavy atom. The molecule has 8 heavy (non-hydrogen) atoms. The molecule has 45 valence electrons. The Bertz CT molecular complexity index is 35.0. The van der Waals surface area contributed by atoms with Gasteiger partial charge in [0.25, 0.3) is 0 Å². The van der Waals surface area contributed by atoms with Crippen LogP contribution in [0.3, 0.4) is 0 Å². The van der Waals surface area contributed by atoms with Crippen molar-refractivity contribution in [2.75, 3.05) is 0 Å². The van der Waals surface area contributed by atoms with Crippen LogP contribution in [-0.2, 0) is 26.2 Å². The number of hydrogen-bond acceptors (Lipinski definition) is 2. The summed E-state index contributed by atoms with van der Waals surface area (Å²) in [5.41, 5.74) is 0. The summed E-state index contributed by atoms with van der Waals surface area (Å²) in [5.74, 6) is 0. The van der Waals surface area contributed by atoms with E-state index in [0.29, 0.717) is 0 Å². The Balaban J connectivity index is -0.0000000160. The molecule has 2 N–H and O–H groups in total. The van der Waals surface area contributed by atoms with E-state index in [0.717, 1.165) is 0 Å². The molecule has 0 saturated heterocycles. The first-order valence-electron chi connectivity index (χ1n) is 0.765.